The van der Waals surface area contributed by atoms with Crippen LogP contribution in [0.4, 0.5) is 0 Å². The molecule has 2 rings (SSSR count). The van der Waals surface area contributed by atoms with Gasteiger partial charge in [0.05, 0.1) is 12.4 Å². The Morgan fingerprint density at radius 3 is 2.43 bits per heavy atom. The largest absolute Gasteiger partial charge is 0.480 e. The van der Waals surface area contributed by atoms with E-state index in [0.717, 1.165) is 13.0 Å². The topological polar surface area (TPSA) is 191 Å². The Bertz CT molecular complexity index is 817. The van der Waals surface area contributed by atoms with E-state index in [0.29, 0.717) is 50.1 Å². The molecular weight excluding hydrogens is 474 g/mol. The van der Waals surface area contributed by atoms with Crippen LogP contribution >= 0.6 is 11.8 Å². The van der Waals surface area contributed by atoms with Gasteiger partial charge in [0.1, 0.15) is 18.1 Å². The lowest BCUT2D eigenvalue weighted by molar-refractivity contribution is -0.142. The van der Waals surface area contributed by atoms with Crippen molar-refractivity contribution in [3.8, 4) is 0 Å². The third kappa shape index (κ3) is 9.86. The maximum Gasteiger partial charge on any atom is 0.326 e. The van der Waals surface area contributed by atoms with Gasteiger partial charge in [-0.1, -0.05) is 0 Å². The van der Waals surface area contributed by atoms with Gasteiger partial charge >= 0.3 is 5.97 Å². The van der Waals surface area contributed by atoms with Crippen LogP contribution < -0.4 is 27.0 Å². The molecule has 196 valence electrons. The molecule has 13 heteroatoms. The number of carbonyl (C=O) groups excluding carboxylic acids is 3. The number of aliphatic carboxylic acids is 1. The van der Waals surface area contributed by atoms with E-state index in [4.69, 9.17) is 5.73 Å². The first kappa shape index (κ1) is 28.6. The molecule has 1 fully saturated rings. The van der Waals surface area contributed by atoms with Gasteiger partial charge in [0, 0.05) is 18.3 Å². The van der Waals surface area contributed by atoms with Crippen LogP contribution in [0.1, 0.15) is 44.2 Å². The third-order valence-electron chi connectivity index (χ3n) is 5.79. The van der Waals surface area contributed by atoms with Crippen molar-refractivity contribution in [2.45, 2.75) is 69.1 Å². The zero-order valence-corrected chi connectivity index (χ0v) is 20.9. The Labute approximate surface area is 209 Å². The molecular formula is C22H37N7O5S. The number of amides is 3. The number of nitrogens with one attached hydrogen (secondary N) is 5. The molecule has 0 spiro atoms. The molecule has 0 bridgehead atoms. The Morgan fingerprint density at radius 2 is 1.86 bits per heavy atom. The van der Waals surface area contributed by atoms with E-state index in [1.165, 1.54) is 24.3 Å². The van der Waals surface area contributed by atoms with Crippen molar-refractivity contribution in [2.24, 2.45) is 5.73 Å². The maximum absolute atomic E-state index is 13.1. The Balaban J connectivity index is 2.06. The van der Waals surface area contributed by atoms with Crippen molar-refractivity contribution in [1.82, 2.24) is 31.2 Å². The number of aromatic nitrogens is 2. The van der Waals surface area contributed by atoms with Crippen LogP contribution in [-0.2, 0) is 25.6 Å². The normalized spacial score (nSPS) is 17.8. The second-order valence-electron chi connectivity index (χ2n) is 8.52. The first-order valence-electron chi connectivity index (χ1n) is 11.9. The van der Waals surface area contributed by atoms with Gasteiger partial charge in [-0.3, -0.25) is 14.4 Å². The zero-order valence-electron chi connectivity index (χ0n) is 20.0. The lowest BCUT2D eigenvalue weighted by atomic mass is 10.1. The van der Waals surface area contributed by atoms with Crippen LogP contribution in [0.25, 0.3) is 0 Å². The molecule has 35 heavy (non-hydrogen) atoms. The molecule has 3 amide bonds. The molecule has 4 unspecified atom stereocenters. The number of thioether (sulfide) groups is 1. The number of carbonyl (C=O) groups is 4. The second-order valence-corrected chi connectivity index (χ2v) is 9.50. The van der Waals surface area contributed by atoms with Gasteiger partial charge in [0.25, 0.3) is 0 Å². The minimum Gasteiger partial charge on any atom is -0.480 e. The second kappa shape index (κ2) is 15.4. The van der Waals surface area contributed by atoms with Crippen LogP contribution in [0.3, 0.4) is 0 Å². The number of hydrogen-bond acceptors (Lipinski definition) is 8. The van der Waals surface area contributed by atoms with Crippen LogP contribution in [0.2, 0.25) is 0 Å². The highest BCUT2D eigenvalue weighted by Crippen LogP contribution is 2.09. The standard InChI is InChI=1S/C22H37N7O5S/c1-35-10-7-17(21(32)29-18(22(33)34)11-14-12-24-13-26-14)28-20(31)16(5-2-3-8-23)27-19(30)15-6-4-9-25-15/h12-13,15-18,25H,2-11,23H2,1H3,(H,24,26)(H,27,30)(H,28,31)(H,29,32)(H,33,34). The molecule has 1 aliphatic heterocycles. The number of carboxylic acids is 1. The molecule has 1 saturated heterocycles. The fourth-order valence-corrected chi connectivity index (χ4v) is 4.28. The molecule has 12 nitrogen and oxygen atoms in total. The highest BCUT2D eigenvalue weighted by atomic mass is 32.2. The van der Waals surface area contributed by atoms with E-state index in [9.17, 15) is 24.3 Å². The summed E-state index contributed by atoms with van der Waals surface area (Å²) in [7, 11) is 0. The van der Waals surface area contributed by atoms with Crippen molar-refractivity contribution in [1.29, 1.82) is 0 Å². The average molecular weight is 512 g/mol. The number of nitrogens with zero attached hydrogens (tertiary/aromatic N) is 1. The van der Waals surface area contributed by atoms with E-state index >= 15 is 0 Å². The van der Waals surface area contributed by atoms with Crippen molar-refractivity contribution in [3.63, 3.8) is 0 Å². The molecule has 0 aromatic carbocycles. The number of hydrogen-bond donors (Lipinski definition) is 7. The molecule has 1 aromatic heterocycles. The summed E-state index contributed by atoms with van der Waals surface area (Å²) in [6.07, 6.45) is 8.44. The quantitative estimate of drug-likeness (QED) is 0.138. The predicted octanol–water partition coefficient (Wildman–Crippen LogP) is -0.875. The molecule has 0 saturated carbocycles. The molecule has 0 radical (unpaired) electrons. The Hall–Kier alpha value is -2.64. The summed E-state index contributed by atoms with van der Waals surface area (Å²) in [5, 5.41) is 20.7. The fourth-order valence-electron chi connectivity index (χ4n) is 3.81. The summed E-state index contributed by atoms with van der Waals surface area (Å²) in [6, 6.07) is -3.29. The van der Waals surface area contributed by atoms with Gasteiger partial charge < -0.3 is 37.1 Å². The molecule has 1 aliphatic rings. The van der Waals surface area contributed by atoms with Crippen molar-refractivity contribution in [3.05, 3.63) is 18.2 Å². The van der Waals surface area contributed by atoms with Crippen LogP contribution in [0.5, 0.6) is 0 Å². The summed E-state index contributed by atoms with van der Waals surface area (Å²) in [5.41, 5.74) is 6.14. The summed E-state index contributed by atoms with van der Waals surface area (Å²) in [6.45, 7) is 1.22. The molecule has 4 atom stereocenters. The van der Waals surface area contributed by atoms with Crippen LogP contribution in [0, 0.1) is 0 Å². The number of nitrogens with two attached hydrogens (primary N) is 1. The summed E-state index contributed by atoms with van der Waals surface area (Å²) < 4.78 is 0. The minimum atomic E-state index is -1.20. The van der Waals surface area contributed by atoms with E-state index in [-0.39, 0.29) is 18.4 Å². The highest BCUT2D eigenvalue weighted by molar-refractivity contribution is 7.98. The monoisotopic (exact) mass is 511 g/mol. The molecule has 1 aromatic rings. The minimum absolute atomic E-state index is 0.0242. The smallest absolute Gasteiger partial charge is 0.326 e. The van der Waals surface area contributed by atoms with E-state index in [1.807, 2.05) is 6.26 Å². The summed E-state index contributed by atoms with van der Waals surface area (Å²) in [4.78, 5) is 57.2. The van der Waals surface area contributed by atoms with E-state index in [1.54, 1.807) is 0 Å². The predicted molar refractivity (Wildman–Crippen MR) is 133 cm³/mol. The van der Waals surface area contributed by atoms with Gasteiger partial charge in [-0.15, -0.1) is 0 Å². The van der Waals surface area contributed by atoms with Crippen molar-refractivity contribution < 1.29 is 24.3 Å². The van der Waals surface area contributed by atoms with Gasteiger partial charge in [0.2, 0.25) is 17.7 Å². The van der Waals surface area contributed by atoms with Crippen LogP contribution in [0.15, 0.2) is 12.5 Å². The van der Waals surface area contributed by atoms with Gasteiger partial charge in [-0.25, -0.2) is 9.78 Å². The first-order valence-corrected chi connectivity index (χ1v) is 13.3. The lowest BCUT2D eigenvalue weighted by Gasteiger charge is -2.25. The Morgan fingerprint density at radius 1 is 1.14 bits per heavy atom. The number of H-pyrrole nitrogens is 1. The van der Waals surface area contributed by atoms with Crippen molar-refractivity contribution >= 4 is 35.5 Å². The number of carboxylic acid groups (broad SMARTS) is 1. The highest BCUT2D eigenvalue weighted by Gasteiger charge is 2.31. The summed E-state index contributed by atoms with van der Waals surface area (Å²) in [5.74, 6) is -1.93. The molecule has 0 aliphatic carbocycles. The average Bonchev–Trinajstić information content (AvgIpc) is 3.55. The van der Waals surface area contributed by atoms with E-state index < -0.39 is 35.9 Å². The summed E-state index contributed by atoms with van der Waals surface area (Å²) >= 11 is 1.50. The number of rotatable bonds is 16. The first-order chi connectivity index (χ1) is 16.8. The Kier molecular flexibility index (Phi) is 12.6. The van der Waals surface area contributed by atoms with Gasteiger partial charge in [0.15, 0.2) is 0 Å². The zero-order chi connectivity index (χ0) is 25.6. The fraction of sp³-hybridized carbons (Fsp3) is 0.682. The van der Waals surface area contributed by atoms with Crippen molar-refractivity contribution in [2.75, 3.05) is 25.1 Å². The van der Waals surface area contributed by atoms with Gasteiger partial charge in [-0.05, 0) is 63.6 Å². The molecule has 2 heterocycles. The lowest BCUT2D eigenvalue weighted by Crippen LogP contribution is -2.57. The number of unbranched alkanes of at least 4 members (excludes halogenated alkanes) is 1. The number of imidazole rings is 1. The number of aromatic amines is 1. The SMILES string of the molecule is CSCCC(NC(=O)C(CCCCN)NC(=O)C1CCCN1)C(=O)NC(Cc1cnc[nH]1)C(=O)O. The molecule has 8 N–H and O–H groups in total. The maximum atomic E-state index is 13.1. The van der Waals surface area contributed by atoms with Gasteiger partial charge in [-0.2, -0.15) is 11.8 Å². The third-order valence-corrected chi connectivity index (χ3v) is 6.44. The van der Waals surface area contributed by atoms with E-state index in [2.05, 4.69) is 31.2 Å². The van der Waals surface area contributed by atoms with Crippen LogP contribution in [-0.4, -0.2) is 88.0 Å².